The van der Waals surface area contributed by atoms with E-state index in [1.807, 2.05) is 6.92 Å². The normalized spacial score (nSPS) is 25.1. The first-order valence-electron chi connectivity index (χ1n) is 9.52. The van der Waals surface area contributed by atoms with Crippen molar-refractivity contribution in [2.45, 2.75) is 71.1 Å². The first-order chi connectivity index (χ1) is 13.0. The maximum Gasteiger partial charge on any atom is 0.326 e. The third kappa shape index (κ3) is 3.79. The fourth-order valence-corrected chi connectivity index (χ4v) is 3.77. The van der Waals surface area contributed by atoms with Crippen LogP contribution in [-0.2, 0) is 27.5 Å². The van der Waals surface area contributed by atoms with Crippen molar-refractivity contribution in [3.05, 3.63) is 5.82 Å². The Morgan fingerprint density at radius 2 is 2.19 bits per heavy atom. The zero-order chi connectivity index (χ0) is 19.4. The van der Waals surface area contributed by atoms with E-state index in [4.69, 9.17) is 4.74 Å². The molecule has 10 heteroatoms. The van der Waals surface area contributed by atoms with Crippen LogP contribution in [0.15, 0.2) is 0 Å². The van der Waals surface area contributed by atoms with Crippen molar-refractivity contribution in [2.75, 3.05) is 6.54 Å². The zero-order valence-corrected chi connectivity index (χ0v) is 15.8. The number of hydrogen-bond donors (Lipinski definition) is 1. The Morgan fingerprint density at radius 1 is 1.37 bits per heavy atom. The number of urea groups is 1. The minimum absolute atomic E-state index is 0.0481. The summed E-state index contributed by atoms with van der Waals surface area (Å²) in [4.78, 5) is 38.3. The van der Waals surface area contributed by atoms with Crippen molar-refractivity contribution in [2.24, 2.45) is 5.92 Å². The second-order valence-electron chi connectivity index (χ2n) is 7.27. The SMILES string of the molecule is CCCCn1nnnc1COC(=O)CN1C(=O)N[C@@]2(CCCC[C@H]2C)C1=O. The summed E-state index contributed by atoms with van der Waals surface area (Å²) in [5, 5.41) is 14.1. The molecule has 2 heterocycles. The lowest BCUT2D eigenvalue weighted by molar-refractivity contribution is -0.149. The van der Waals surface area contributed by atoms with Gasteiger partial charge in [-0.15, -0.1) is 5.10 Å². The van der Waals surface area contributed by atoms with Gasteiger partial charge in [0, 0.05) is 6.54 Å². The largest absolute Gasteiger partial charge is 0.456 e. The van der Waals surface area contributed by atoms with E-state index in [0.29, 0.717) is 18.8 Å². The van der Waals surface area contributed by atoms with E-state index in [1.54, 1.807) is 4.68 Å². The molecule has 3 amide bonds. The third-order valence-electron chi connectivity index (χ3n) is 5.48. The molecule has 2 atom stereocenters. The molecule has 1 aromatic heterocycles. The topological polar surface area (TPSA) is 119 Å². The zero-order valence-electron chi connectivity index (χ0n) is 15.8. The molecule has 1 aliphatic heterocycles. The second kappa shape index (κ2) is 8.01. The predicted octanol–water partition coefficient (Wildman–Crippen LogP) is 1.02. The van der Waals surface area contributed by atoms with Gasteiger partial charge in [0.1, 0.15) is 12.1 Å². The molecule has 1 aromatic rings. The number of unbranched alkanes of at least 4 members (excludes halogenated alkanes) is 1. The van der Waals surface area contributed by atoms with Gasteiger partial charge < -0.3 is 10.1 Å². The first-order valence-corrected chi connectivity index (χ1v) is 9.52. The fraction of sp³-hybridized carbons (Fsp3) is 0.765. The van der Waals surface area contributed by atoms with E-state index in [2.05, 4.69) is 27.8 Å². The lowest BCUT2D eigenvalue weighted by atomic mass is 9.73. The molecule has 3 rings (SSSR count). The Kier molecular flexibility index (Phi) is 5.71. The van der Waals surface area contributed by atoms with E-state index in [0.717, 1.165) is 37.0 Å². The van der Waals surface area contributed by atoms with Gasteiger partial charge in [0.2, 0.25) is 0 Å². The van der Waals surface area contributed by atoms with Crippen molar-refractivity contribution in [3.8, 4) is 0 Å². The van der Waals surface area contributed by atoms with Gasteiger partial charge in [0.05, 0.1) is 0 Å². The number of nitrogens with zero attached hydrogens (tertiary/aromatic N) is 5. The number of rotatable bonds is 7. The molecule has 0 radical (unpaired) electrons. The molecule has 0 aromatic carbocycles. The number of aryl methyl sites for hydroxylation is 1. The van der Waals surface area contributed by atoms with Crippen molar-refractivity contribution >= 4 is 17.9 Å². The van der Waals surface area contributed by atoms with Gasteiger partial charge in [-0.2, -0.15) is 0 Å². The third-order valence-corrected chi connectivity index (χ3v) is 5.48. The van der Waals surface area contributed by atoms with Gasteiger partial charge in [0.15, 0.2) is 12.4 Å². The van der Waals surface area contributed by atoms with E-state index in [-0.39, 0.29) is 18.4 Å². The number of carbonyl (C=O) groups excluding carboxylic acids is 3. The Hall–Kier alpha value is -2.52. The summed E-state index contributed by atoms with van der Waals surface area (Å²) in [5.74, 6) is -0.508. The molecule has 1 saturated carbocycles. The van der Waals surface area contributed by atoms with Gasteiger partial charge >= 0.3 is 12.0 Å². The summed E-state index contributed by atoms with van der Waals surface area (Å²) in [6, 6.07) is -0.529. The molecule has 1 aliphatic carbocycles. The van der Waals surface area contributed by atoms with E-state index < -0.39 is 24.1 Å². The maximum atomic E-state index is 12.8. The smallest absolute Gasteiger partial charge is 0.326 e. The molecule has 1 spiro atoms. The number of ether oxygens (including phenoxy) is 1. The number of imide groups is 1. The molecular weight excluding hydrogens is 352 g/mol. The number of nitrogens with one attached hydrogen (secondary N) is 1. The van der Waals surface area contributed by atoms with Crippen LogP contribution in [0.2, 0.25) is 0 Å². The monoisotopic (exact) mass is 378 g/mol. The first kappa shape index (κ1) is 19.2. The van der Waals surface area contributed by atoms with Gasteiger partial charge in [-0.25, -0.2) is 9.48 Å². The number of hydrogen-bond acceptors (Lipinski definition) is 7. The number of aromatic nitrogens is 4. The van der Waals surface area contributed by atoms with Crippen LogP contribution in [0.4, 0.5) is 4.79 Å². The average molecular weight is 378 g/mol. The molecule has 10 nitrogen and oxygen atoms in total. The Labute approximate surface area is 157 Å². The number of carbonyl (C=O) groups is 3. The summed E-state index contributed by atoms with van der Waals surface area (Å²) in [5.41, 5.74) is -0.875. The minimum Gasteiger partial charge on any atom is -0.456 e. The van der Waals surface area contributed by atoms with E-state index >= 15 is 0 Å². The number of amides is 3. The predicted molar refractivity (Wildman–Crippen MR) is 93.1 cm³/mol. The Bertz CT molecular complexity index is 720. The summed E-state index contributed by atoms with van der Waals surface area (Å²) >= 11 is 0. The summed E-state index contributed by atoms with van der Waals surface area (Å²) < 4.78 is 6.78. The van der Waals surface area contributed by atoms with Crippen LogP contribution >= 0.6 is 0 Å². The Morgan fingerprint density at radius 3 is 2.93 bits per heavy atom. The fourth-order valence-electron chi connectivity index (χ4n) is 3.77. The molecule has 0 bridgehead atoms. The van der Waals surface area contributed by atoms with Crippen LogP contribution in [0.25, 0.3) is 0 Å². The van der Waals surface area contributed by atoms with Crippen LogP contribution in [0.3, 0.4) is 0 Å². The van der Waals surface area contributed by atoms with Crippen LogP contribution in [0.1, 0.15) is 58.2 Å². The molecule has 0 unspecified atom stereocenters. The van der Waals surface area contributed by atoms with Crippen molar-refractivity contribution in [1.29, 1.82) is 0 Å². The van der Waals surface area contributed by atoms with Crippen LogP contribution < -0.4 is 5.32 Å². The molecule has 1 saturated heterocycles. The van der Waals surface area contributed by atoms with Gasteiger partial charge in [-0.05, 0) is 35.6 Å². The summed E-state index contributed by atoms with van der Waals surface area (Å²) in [6.45, 7) is 4.16. The molecule has 148 valence electrons. The quantitative estimate of drug-likeness (QED) is 0.555. The maximum absolute atomic E-state index is 12.8. The van der Waals surface area contributed by atoms with Gasteiger partial charge in [0.25, 0.3) is 5.91 Å². The lowest BCUT2D eigenvalue weighted by Gasteiger charge is -2.36. The van der Waals surface area contributed by atoms with Crippen LogP contribution in [0, 0.1) is 5.92 Å². The van der Waals surface area contributed by atoms with Crippen LogP contribution in [0.5, 0.6) is 0 Å². The molecule has 1 N–H and O–H groups in total. The molecule has 2 aliphatic rings. The molecule has 2 fully saturated rings. The standard InChI is InChI=1S/C17H26N6O4/c1-3-4-9-23-13(19-20-21-23)11-27-14(24)10-22-15(25)17(18-16(22)26)8-6-5-7-12(17)2/h12H,3-11H2,1-2H3,(H,18,26)/t12-,17-/m1/s1. The lowest BCUT2D eigenvalue weighted by Crippen LogP contribution is -2.54. The Balaban J connectivity index is 1.57. The van der Waals surface area contributed by atoms with Crippen molar-refractivity contribution in [1.82, 2.24) is 30.4 Å². The number of esters is 1. The second-order valence-corrected chi connectivity index (χ2v) is 7.27. The number of tetrazole rings is 1. The summed E-state index contributed by atoms with van der Waals surface area (Å²) in [6.07, 6.45) is 5.32. The van der Waals surface area contributed by atoms with E-state index in [9.17, 15) is 14.4 Å². The summed E-state index contributed by atoms with van der Waals surface area (Å²) in [7, 11) is 0. The highest BCUT2D eigenvalue weighted by Gasteiger charge is 2.55. The molecule has 27 heavy (non-hydrogen) atoms. The highest BCUT2D eigenvalue weighted by molar-refractivity contribution is 6.08. The van der Waals surface area contributed by atoms with Gasteiger partial charge in [-0.3, -0.25) is 14.5 Å². The minimum atomic E-state index is -0.875. The highest BCUT2D eigenvalue weighted by Crippen LogP contribution is 2.38. The van der Waals surface area contributed by atoms with Gasteiger partial charge in [-0.1, -0.05) is 33.1 Å². The van der Waals surface area contributed by atoms with Crippen molar-refractivity contribution in [3.63, 3.8) is 0 Å². The average Bonchev–Trinajstić information content (AvgIpc) is 3.19. The molecular formula is C17H26N6O4. The van der Waals surface area contributed by atoms with E-state index in [1.165, 1.54) is 0 Å². The highest BCUT2D eigenvalue weighted by atomic mass is 16.5. The van der Waals surface area contributed by atoms with Crippen LogP contribution in [-0.4, -0.2) is 55.1 Å². The van der Waals surface area contributed by atoms with Crippen molar-refractivity contribution < 1.29 is 19.1 Å².